The van der Waals surface area contributed by atoms with Crippen LogP contribution in [0, 0.1) is 0 Å². The molecule has 1 N–H and O–H groups in total. The molecule has 2 aromatic rings. The van der Waals surface area contributed by atoms with Gasteiger partial charge in [-0.2, -0.15) is 0 Å². The van der Waals surface area contributed by atoms with Crippen molar-refractivity contribution < 1.29 is 4.79 Å². The summed E-state index contributed by atoms with van der Waals surface area (Å²) in [5, 5.41) is 5.27. The number of piperazine rings is 1. The first-order valence-corrected chi connectivity index (χ1v) is 10.7. The number of likely N-dealkylation sites (tertiary alicyclic amines) is 1. The average molecular weight is 466 g/mol. The molecule has 0 atom stereocenters. The highest BCUT2D eigenvalue weighted by Crippen LogP contribution is 2.34. The van der Waals surface area contributed by atoms with Gasteiger partial charge in [-0.05, 0) is 44.1 Å². The number of amides is 1. The maximum Gasteiger partial charge on any atom is 0.223 e. The second kappa shape index (κ2) is 11.0. The number of nitrogens with one attached hydrogen (secondary N) is 1. The topological polar surface area (TPSA) is 48.5 Å². The van der Waals surface area contributed by atoms with Gasteiger partial charge in [0.1, 0.15) is 0 Å². The molecule has 0 unspecified atom stereocenters. The second-order valence-corrected chi connectivity index (χ2v) is 8.66. The number of hydrogen-bond acceptors (Lipinski definition) is 5. The number of nitrogens with zero attached hydrogens (tertiary/aromatic N) is 3. The lowest BCUT2D eigenvalue weighted by Crippen LogP contribution is -2.47. The molecule has 1 aromatic heterocycles. The Hall–Kier alpha value is -0.630. The van der Waals surface area contributed by atoms with Crippen molar-refractivity contribution in [3.63, 3.8) is 0 Å². The van der Waals surface area contributed by atoms with Crippen molar-refractivity contribution in [3.8, 4) is 0 Å². The predicted molar refractivity (Wildman–Crippen MR) is 122 cm³/mol. The van der Waals surface area contributed by atoms with Gasteiger partial charge in [0.15, 0.2) is 0 Å². The van der Waals surface area contributed by atoms with Crippen LogP contribution in [0.2, 0.25) is 5.02 Å². The van der Waals surface area contributed by atoms with Crippen LogP contribution in [0.3, 0.4) is 0 Å². The summed E-state index contributed by atoms with van der Waals surface area (Å²) >= 11 is 7.87. The Morgan fingerprint density at radius 1 is 1.18 bits per heavy atom. The lowest BCUT2D eigenvalue weighted by Gasteiger charge is -2.32. The number of piperidine rings is 1. The van der Waals surface area contributed by atoms with Crippen LogP contribution in [0.5, 0.6) is 0 Å². The molecule has 0 radical (unpaired) electrons. The van der Waals surface area contributed by atoms with Gasteiger partial charge in [-0.3, -0.25) is 4.79 Å². The van der Waals surface area contributed by atoms with Crippen LogP contribution in [-0.2, 0) is 4.79 Å². The molecule has 9 heteroatoms. The summed E-state index contributed by atoms with van der Waals surface area (Å²) in [4.78, 5) is 21.5. The lowest BCUT2D eigenvalue weighted by atomic mass is 9.97. The van der Waals surface area contributed by atoms with Gasteiger partial charge in [0.05, 0.1) is 15.2 Å². The van der Waals surface area contributed by atoms with Crippen molar-refractivity contribution in [3.05, 3.63) is 28.2 Å². The van der Waals surface area contributed by atoms with Gasteiger partial charge in [0.2, 0.25) is 5.91 Å². The number of aromatic nitrogens is 1. The van der Waals surface area contributed by atoms with E-state index in [1.807, 2.05) is 17.0 Å². The van der Waals surface area contributed by atoms with Crippen LogP contribution in [-0.4, -0.2) is 66.5 Å². The maximum atomic E-state index is 12.3. The van der Waals surface area contributed by atoms with Gasteiger partial charge in [-0.25, -0.2) is 4.98 Å². The predicted octanol–water partition coefficient (Wildman–Crippen LogP) is 3.79. The average Bonchev–Trinajstić information content (AvgIpc) is 3.10. The third-order valence-corrected chi connectivity index (χ3v) is 6.85. The number of benzene rings is 1. The Morgan fingerprint density at radius 2 is 1.89 bits per heavy atom. The minimum absolute atomic E-state index is 0. The molecule has 2 fully saturated rings. The zero-order valence-corrected chi connectivity index (χ0v) is 18.9. The number of thiazole rings is 1. The van der Waals surface area contributed by atoms with E-state index < -0.39 is 0 Å². The zero-order valence-electron chi connectivity index (χ0n) is 15.7. The molecule has 0 saturated carbocycles. The van der Waals surface area contributed by atoms with Crippen molar-refractivity contribution >= 4 is 63.9 Å². The molecule has 156 valence electrons. The largest absolute Gasteiger partial charge is 0.340 e. The number of halogens is 3. The Morgan fingerprint density at radius 3 is 2.61 bits per heavy atom. The monoisotopic (exact) mass is 464 g/mol. The van der Waals surface area contributed by atoms with Crippen LogP contribution < -0.4 is 5.32 Å². The van der Waals surface area contributed by atoms with Gasteiger partial charge in [0, 0.05) is 50.1 Å². The summed E-state index contributed by atoms with van der Waals surface area (Å²) in [5.41, 5.74) is 1.02. The number of hydrogen-bond donors (Lipinski definition) is 1. The quantitative estimate of drug-likeness (QED) is 0.746. The Labute approximate surface area is 187 Å². The molecular formula is C19H27Cl3N4OS. The fraction of sp³-hybridized carbons (Fsp3) is 0.579. The highest BCUT2D eigenvalue weighted by Gasteiger charge is 2.24. The molecule has 0 bridgehead atoms. The highest BCUT2D eigenvalue weighted by molar-refractivity contribution is 7.18. The van der Waals surface area contributed by atoms with Gasteiger partial charge in [-0.1, -0.05) is 11.6 Å². The van der Waals surface area contributed by atoms with Crippen molar-refractivity contribution in [2.45, 2.75) is 25.2 Å². The van der Waals surface area contributed by atoms with Crippen molar-refractivity contribution in [2.24, 2.45) is 0 Å². The molecule has 5 nitrogen and oxygen atoms in total. The number of carbonyl (C=O) groups is 1. The van der Waals surface area contributed by atoms with E-state index in [0.717, 1.165) is 69.2 Å². The van der Waals surface area contributed by atoms with E-state index in [1.165, 1.54) is 9.71 Å². The van der Waals surface area contributed by atoms with Gasteiger partial charge >= 0.3 is 0 Å². The number of fused-ring (bicyclic) bond motifs is 1. The van der Waals surface area contributed by atoms with Crippen LogP contribution in [0.1, 0.15) is 30.2 Å². The molecule has 1 amide bonds. The van der Waals surface area contributed by atoms with Gasteiger partial charge in [0.25, 0.3) is 0 Å². The third-order valence-electron chi connectivity index (χ3n) is 5.41. The van der Waals surface area contributed by atoms with E-state index in [4.69, 9.17) is 16.6 Å². The molecule has 3 heterocycles. The Balaban J connectivity index is 0.00000140. The first-order valence-electron chi connectivity index (χ1n) is 9.46. The molecule has 0 aliphatic carbocycles. The van der Waals surface area contributed by atoms with E-state index >= 15 is 0 Å². The summed E-state index contributed by atoms with van der Waals surface area (Å²) in [7, 11) is 0. The molecule has 4 rings (SSSR count). The Kier molecular flexibility index (Phi) is 9.25. The van der Waals surface area contributed by atoms with Gasteiger partial charge in [-0.15, -0.1) is 36.2 Å². The highest BCUT2D eigenvalue weighted by atomic mass is 35.5. The fourth-order valence-electron chi connectivity index (χ4n) is 3.82. The van der Waals surface area contributed by atoms with Gasteiger partial charge < -0.3 is 15.1 Å². The van der Waals surface area contributed by atoms with Crippen LogP contribution in [0.25, 0.3) is 10.2 Å². The Bertz CT molecular complexity index is 774. The molecule has 2 aliphatic rings. The number of carbonyl (C=O) groups excluding carboxylic acids is 1. The molecule has 2 saturated heterocycles. The number of rotatable bonds is 4. The van der Waals surface area contributed by atoms with Crippen LogP contribution in [0.15, 0.2) is 18.2 Å². The lowest BCUT2D eigenvalue weighted by molar-refractivity contribution is -0.132. The molecular weight excluding hydrogens is 439 g/mol. The first-order chi connectivity index (χ1) is 12.7. The van der Waals surface area contributed by atoms with E-state index in [9.17, 15) is 4.79 Å². The van der Waals surface area contributed by atoms with Crippen LogP contribution in [0.4, 0.5) is 0 Å². The van der Waals surface area contributed by atoms with Crippen molar-refractivity contribution in [2.75, 3.05) is 45.8 Å². The molecule has 28 heavy (non-hydrogen) atoms. The maximum absolute atomic E-state index is 12.3. The molecule has 0 spiro atoms. The summed E-state index contributed by atoms with van der Waals surface area (Å²) < 4.78 is 1.22. The van der Waals surface area contributed by atoms with Crippen LogP contribution >= 0.6 is 47.8 Å². The summed E-state index contributed by atoms with van der Waals surface area (Å²) in [6.07, 6.45) is 2.88. The SMILES string of the molecule is Cl.Cl.O=C(CCN1CCC(c2nc3cc(Cl)ccc3s2)CC1)N1CCNCC1. The second-order valence-electron chi connectivity index (χ2n) is 7.16. The summed E-state index contributed by atoms with van der Waals surface area (Å²) in [5.74, 6) is 0.836. The third kappa shape index (κ3) is 5.71. The van der Waals surface area contributed by atoms with Crippen molar-refractivity contribution in [1.82, 2.24) is 20.1 Å². The molecule has 2 aliphatic heterocycles. The fourth-order valence-corrected chi connectivity index (χ4v) is 5.11. The first kappa shape index (κ1) is 23.6. The van der Waals surface area contributed by atoms with Crippen molar-refractivity contribution in [1.29, 1.82) is 0 Å². The smallest absolute Gasteiger partial charge is 0.223 e. The minimum Gasteiger partial charge on any atom is -0.340 e. The summed E-state index contributed by atoms with van der Waals surface area (Å²) in [6, 6.07) is 5.95. The van der Waals surface area contributed by atoms with E-state index in [2.05, 4.69) is 16.3 Å². The van der Waals surface area contributed by atoms with E-state index in [-0.39, 0.29) is 24.8 Å². The summed E-state index contributed by atoms with van der Waals surface area (Å²) in [6.45, 7) is 6.53. The normalized spacial score (nSPS) is 18.5. The van der Waals surface area contributed by atoms with E-state index in [0.29, 0.717) is 18.2 Å². The molecule has 1 aromatic carbocycles. The standard InChI is InChI=1S/C19H25ClN4OS.2ClH/c20-15-1-2-17-16(13-15)22-19(26-17)14-3-8-23(9-4-14)10-5-18(25)24-11-6-21-7-12-24;;/h1-2,13-14,21H,3-12H2;2*1H. The zero-order chi connectivity index (χ0) is 17.9. The minimum atomic E-state index is 0. The van der Waals surface area contributed by atoms with E-state index in [1.54, 1.807) is 11.3 Å².